The summed E-state index contributed by atoms with van der Waals surface area (Å²) in [6.07, 6.45) is 6.17. The second kappa shape index (κ2) is 10.8. The van der Waals surface area contributed by atoms with E-state index in [1.54, 1.807) is 20.5 Å². The molecule has 3 aromatic rings. The van der Waals surface area contributed by atoms with Gasteiger partial charge in [-0.2, -0.15) is 10.2 Å². The highest BCUT2D eigenvalue weighted by Crippen LogP contribution is 2.33. The van der Waals surface area contributed by atoms with Crippen molar-refractivity contribution in [3.05, 3.63) is 52.8 Å². The number of carbonyl (C=O) groups is 2. The van der Waals surface area contributed by atoms with E-state index in [9.17, 15) is 9.59 Å². The number of nitrogens with zero attached hydrogens (tertiary/aromatic N) is 5. The first-order chi connectivity index (χ1) is 17.5. The molecule has 1 aliphatic heterocycles. The maximum absolute atomic E-state index is 12.5. The summed E-state index contributed by atoms with van der Waals surface area (Å²) in [7, 11) is 0. The van der Waals surface area contributed by atoms with Gasteiger partial charge in [-0.25, -0.2) is 9.48 Å². The Hall–Kier alpha value is -3.53. The number of amides is 2. The summed E-state index contributed by atoms with van der Waals surface area (Å²) >= 11 is 6.10. The number of nitrogens with two attached hydrogens (primary N) is 2. The summed E-state index contributed by atoms with van der Waals surface area (Å²) in [5.74, 6) is -0.386. The Labute approximate surface area is 221 Å². The lowest BCUT2D eigenvalue weighted by Crippen LogP contribution is -2.39. The molecule has 4 N–H and O–H groups in total. The van der Waals surface area contributed by atoms with E-state index in [0.717, 1.165) is 31.2 Å². The number of rotatable bonds is 5. The third-order valence-corrected chi connectivity index (χ3v) is 6.50. The van der Waals surface area contributed by atoms with Gasteiger partial charge in [-0.1, -0.05) is 23.7 Å². The number of primary amides is 1. The Morgan fingerprint density at radius 2 is 1.89 bits per heavy atom. The maximum Gasteiger partial charge on any atom is 0.410 e. The fourth-order valence-electron chi connectivity index (χ4n) is 4.61. The predicted molar refractivity (Wildman–Crippen MR) is 142 cm³/mol. The van der Waals surface area contributed by atoms with Crippen molar-refractivity contribution in [2.24, 2.45) is 5.73 Å². The molecule has 1 fully saturated rings. The van der Waals surface area contributed by atoms with Crippen molar-refractivity contribution in [2.75, 3.05) is 18.8 Å². The highest BCUT2D eigenvalue weighted by atomic mass is 35.5. The van der Waals surface area contributed by atoms with Gasteiger partial charge in [-0.15, -0.1) is 0 Å². The molecule has 0 spiro atoms. The van der Waals surface area contributed by atoms with Crippen molar-refractivity contribution in [1.82, 2.24) is 24.5 Å². The number of benzene rings is 1. The largest absolute Gasteiger partial charge is 0.444 e. The smallest absolute Gasteiger partial charge is 0.410 e. The summed E-state index contributed by atoms with van der Waals surface area (Å²) in [6, 6.07) is 7.53. The highest BCUT2D eigenvalue weighted by molar-refractivity contribution is 6.30. The average Bonchev–Trinajstić information content (AvgIpc) is 3.37. The summed E-state index contributed by atoms with van der Waals surface area (Å²) in [5.41, 5.74) is 13.9. The lowest BCUT2D eigenvalue weighted by Gasteiger charge is -2.30. The van der Waals surface area contributed by atoms with Gasteiger partial charge in [0.15, 0.2) is 0 Å². The van der Waals surface area contributed by atoms with Crippen molar-refractivity contribution < 1.29 is 14.3 Å². The minimum Gasteiger partial charge on any atom is -0.444 e. The fraction of sp³-hybridized carbons (Fsp3) is 0.462. The molecule has 37 heavy (non-hydrogen) atoms. The fourth-order valence-corrected chi connectivity index (χ4v) is 4.82. The standard InChI is InChI=1S/C26H34ClN7O3/c1-26(2,3)37-25(36)32-11-5-9-20(10-6-12-32)34-23(28)21(24(29)35)22(31-34)18-14-30-33(16-18)15-17-7-4-8-19(27)13-17/h4,7-8,13-14,16,20H,5-6,9-12,15,28H2,1-3H3,(H2,29,35). The molecular formula is C26H34ClN7O3. The molecule has 2 aromatic heterocycles. The quantitative estimate of drug-likeness (QED) is 0.502. The number of halogens is 1. The summed E-state index contributed by atoms with van der Waals surface area (Å²) in [5, 5.41) is 9.83. The van der Waals surface area contributed by atoms with Crippen molar-refractivity contribution in [3.8, 4) is 11.3 Å². The van der Waals surface area contributed by atoms with E-state index >= 15 is 0 Å². The van der Waals surface area contributed by atoms with Crippen LogP contribution in [-0.4, -0.2) is 55.2 Å². The molecule has 2 amide bonds. The van der Waals surface area contributed by atoms with Crippen LogP contribution in [0.4, 0.5) is 10.6 Å². The Bertz CT molecular complexity index is 1270. The summed E-state index contributed by atoms with van der Waals surface area (Å²) in [6.45, 7) is 7.26. The molecule has 11 heteroatoms. The molecular weight excluding hydrogens is 494 g/mol. The molecule has 0 atom stereocenters. The van der Waals surface area contributed by atoms with Gasteiger partial charge in [0, 0.05) is 29.9 Å². The number of carbonyl (C=O) groups excluding carboxylic acids is 2. The van der Waals surface area contributed by atoms with E-state index in [-0.39, 0.29) is 23.5 Å². The number of hydrogen-bond donors (Lipinski definition) is 2. The average molecular weight is 528 g/mol. The van der Waals surface area contributed by atoms with Crippen molar-refractivity contribution in [3.63, 3.8) is 0 Å². The van der Waals surface area contributed by atoms with Gasteiger partial charge >= 0.3 is 6.09 Å². The van der Waals surface area contributed by atoms with Crippen LogP contribution < -0.4 is 11.5 Å². The second-order valence-corrected chi connectivity index (χ2v) is 10.8. The highest BCUT2D eigenvalue weighted by Gasteiger charge is 2.28. The van der Waals surface area contributed by atoms with Gasteiger partial charge in [0.25, 0.3) is 5.91 Å². The van der Waals surface area contributed by atoms with Crippen LogP contribution in [0.25, 0.3) is 11.3 Å². The first-order valence-corrected chi connectivity index (χ1v) is 12.8. The third kappa shape index (κ3) is 6.43. The van der Waals surface area contributed by atoms with Crippen molar-refractivity contribution >= 4 is 29.4 Å². The minimum absolute atomic E-state index is 0.0193. The number of anilines is 1. The Morgan fingerprint density at radius 3 is 2.51 bits per heavy atom. The monoisotopic (exact) mass is 527 g/mol. The summed E-state index contributed by atoms with van der Waals surface area (Å²) in [4.78, 5) is 26.6. The van der Waals surface area contributed by atoms with Crippen LogP contribution in [0.15, 0.2) is 36.7 Å². The normalized spacial score (nSPS) is 15.3. The molecule has 4 rings (SSSR count). The van der Waals surface area contributed by atoms with Crippen molar-refractivity contribution in [1.29, 1.82) is 0 Å². The van der Waals surface area contributed by atoms with Gasteiger partial charge in [-0.3, -0.25) is 9.48 Å². The van der Waals surface area contributed by atoms with Gasteiger partial charge in [-0.05, 0) is 64.2 Å². The van der Waals surface area contributed by atoms with Gasteiger partial charge < -0.3 is 21.1 Å². The van der Waals surface area contributed by atoms with Crippen LogP contribution in [0.1, 0.15) is 68.4 Å². The lowest BCUT2D eigenvalue weighted by molar-refractivity contribution is 0.0228. The van der Waals surface area contributed by atoms with E-state index in [2.05, 4.69) is 5.10 Å². The maximum atomic E-state index is 12.5. The predicted octanol–water partition coefficient (Wildman–Crippen LogP) is 4.48. The molecule has 1 saturated heterocycles. The SMILES string of the molecule is CC(C)(C)OC(=O)N1CCCC(n2nc(-c3cnn(Cc4cccc(Cl)c4)c3)c(C(N)=O)c2N)CCC1. The Balaban J connectivity index is 1.52. The molecule has 0 unspecified atom stereocenters. The third-order valence-electron chi connectivity index (χ3n) is 6.26. The molecule has 0 bridgehead atoms. The topological polar surface area (TPSA) is 134 Å². The molecule has 0 radical (unpaired) electrons. The van der Waals surface area contributed by atoms with E-state index in [4.69, 9.17) is 32.9 Å². The first-order valence-electron chi connectivity index (χ1n) is 12.4. The van der Waals surface area contributed by atoms with E-state index in [1.807, 2.05) is 51.2 Å². The molecule has 1 aliphatic rings. The van der Waals surface area contributed by atoms with E-state index < -0.39 is 11.5 Å². The minimum atomic E-state index is -0.636. The molecule has 10 nitrogen and oxygen atoms in total. The Morgan fingerprint density at radius 1 is 1.19 bits per heavy atom. The molecule has 0 aliphatic carbocycles. The number of aromatic nitrogens is 4. The van der Waals surface area contributed by atoms with Crippen LogP contribution >= 0.6 is 11.6 Å². The first kappa shape index (κ1) is 26.5. The van der Waals surface area contributed by atoms with Crippen LogP contribution in [0.3, 0.4) is 0 Å². The van der Waals surface area contributed by atoms with Gasteiger partial charge in [0.2, 0.25) is 0 Å². The molecule has 1 aromatic carbocycles. The zero-order valence-electron chi connectivity index (χ0n) is 21.5. The van der Waals surface area contributed by atoms with Gasteiger partial charge in [0.05, 0.1) is 18.8 Å². The number of ether oxygens (including phenoxy) is 1. The number of hydrogen-bond acceptors (Lipinski definition) is 6. The van der Waals surface area contributed by atoms with Crippen LogP contribution in [0.5, 0.6) is 0 Å². The number of likely N-dealkylation sites (tertiary alicyclic amines) is 1. The van der Waals surface area contributed by atoms with Crippen LogP contribution in [0, 0.1) is 0 Å². The molecule has 0 saturated carbocycles. The second-order valence-electron chi connectivity index (χ2n) is 10.4. The Kier molecular flexibility index (Phi) is 7.77. The van der Waals surface area contributed by atoms with E-state index in [0.29, 0.717) is 35.9 Å². The number of nitrogen functional groups attached to an aromatic ring is 1. The summed E-state index contributed by atoms with van der Waals surface area (Å²) < 4.78 is 8.99. The van der Waals surface area contributed by atoms with Crippen molar-refractivity contribution in [2.45, 2.75) is 64.6 Å². The lowest BCUT2D eigenvalue weighted by atomic mass is 10.0. The zero-order chi connectivity index (χ0) is 26.7. The molecule has 3 heterocycles. The van der Waals surface area contributed by atoms with Crippen LogP contribution in [0.2, 0.25) is 5.02 Å². The van der Waals surface area contributed by atoms with E-state index in [1.165, 1.54) is 0 Å². The van der Waals surface area contributed by atoms with Crippen LogP contribution in [-0.2, 0) is 11.3 Å². The van der Waals surface area contributed by atoms with Gasteiger partial charge in [0.1, 0.15) is 22.7 Å². The zero-order valence-corrected chi connectivity index (χ0v) is 22.2. The molecule has 198 valence electrons.